The lowest BCUT2D eigenvalue weighted by atomic mass is 10.1. The van der Waals surface area contributed by atoms with Gasteiger partial charge in [0.1, 0.15) is 0 Å². The van der Waals surface area contributed by atoms with Gasteiger partial charge in [-0.3, -0.25) is 0 Å². The van der Waals surface area contributed by atoms with Gasteiger partial charge in [-0.1, -0.05) is 41.8 Å². The fourth-order valence-electron chi connectivity index (χ4n) is 2.50. The summed E-state index contributed by atoms with van der Waals surface area (Å²) in [5.74, 6) is 6.49. The maximum Gasteiger partial charge on any atom is 0.0772 e. The number of rotatable bonds is 0. The van der Waals surface area contributed by atoms with Crippen molar-refractivity contribution in [3.05, 3.63) is 70.4 Å². The molecular formula is C19H13NS2. The Hall–Kier alpha value is -2.15. The van der Waals surface area contributed by atoms with Gasteiger partial charge in [0.25, 0.3) is 0 Å². The molecule has 0 saturated heterocycles. The smallest absolute Gasteiger partial charge is 0.0772 e. The average molecular weight is 319 g/mol. The van der Waals surface area contributed by atoms with Crippen LogP contribution in [0.4, 0.5) is 11.4 Å². The summed E-state index contributed by atoms with van der Waals surface area (Å²) in [5, 5.41) is 2.05. The highest BCUT2D eigenvalue weighted by Gasteiger charge is 2.19. The van der Waals surface area contributed by atoms with E-state index in [0.29, 0.717) is 0 Å². The van der Waals surface area contributed by atoms with Gasteiger partial charge >= 0.3 is 0 Å². The van der Waals surface area contributed by atoms with Gasteiger partial charge in [-0.05, 0) is 41.8 Å². The number of hydrogen-bond acceptors (Lipinski definition) is 3. The van der Waals surface area contributed by atoms with Crippen LogP contribution in [0.15, 0.2) is 69.8 Å². The third-order valence-corrected chi connectivity index (χ3v) is 5.52. The van der Waals surface area contributed by atoms with Crippen LogP contribution in [0.1, 0.15) is 10.4 Å². The highest BCUT2D eigenvalue weighted by Crippen LogP contribution is 2.47. The van der Waals surface area contributed by atoms with Crippen LogP contribution in [0.5, 0.6) is 0 Å². The Morgan fingerprint density at radius 3 is 2.59 bits per heavy atom. The molecule has 0 N–H and O–H groups in total. The van der Waals surface area contributed by atoms with Crippen LogP contribution in [-0.4, -0.2) is 7.05 Å². The number of nitrogens with zero attached hydrogens (tertiary/aromatic N) is 1. The summed E-state index contributed by atoms with van der Waals surface area (Å²) in [6.45, 7) is 0. The van der Waals surface area contributed by atoms with Crippen LogP contribution in [0.2, 0.25) is 0 Å². The molecule has 4 rings (SSSR count). The van der Waals surface area contributed by atoms with E-state index in [1.807, 2.05) is 17.8 Å². The van der Waals surface area contributed by atoms with Gasteiger partial charge < -0.3 is 4.90 Å². The summed E-state index contributed by atoms with van der Waals surface area (Å²) >= 11 is 3.49. The Balaban J connectivity index is 1.71. The minimum Gasteiger partial charge on any atom is -0.343 e. The molecule has 0 saturated carbocycles. The monoisotopic (exact) mass is 319 g/mol. The maximum absolute atomic E-state index is 3.26. The molecule has 0 amide bonds. The van der Waals surface area contributed by atoms with Crippen molar-refractivity contribution in [3.63, 3.8) is 0 Å². The first-order valence-corrected chi connectivity index (χ1v) is 8.71. The van der Waals surface area contributed by atoms with E-state index in [-0.39, 0.29) is 0 Å². The minimum absolute atomic E-state index is 1.06. The molecule has 3 heteroatoms. The van der Waals surface area contributed by atoms with Gasteiger partial charge in [0.15, 0.2) is 0 Å². The summed E-state index contributed by atoms with van der Waals surface area (Å²) in [4.78, 5) is 5.91. The fourth-order valence-corrected chi connectivity index (χ4v) is 4.26. The van der Waals surface area contributed by atoms with E-state index in [4.69, 9.17) is 0 Å². The second-order valence-electron chi connectivity index (χ2n) is 5.04. The fraction of sp³-hybridized carbons (Fsp3) is 0.0526. The van der Waals surface area contributed by atoms with Crippen LogP contribution >= 0.6 is 23.1 Å². The van der Waals surface area contributed by atoms with E-state index in [1.165, 1.54) is 21.2 Å². The summed E-state index contributed by atoms with van der Waals surface area (Å²) in [6, 6.07) is 19.0. The van der Waals surface area contributed by atoms with Crippen LogP contribution < -0.4 is 4.90 Å². The van der Waals surface area contributed by atoms with E-state index in [1.54, 1.807) is 11.3 Å². The van der Waals surface area contributed by atoms with Crippen LogP contribution in [-0.2, 0) is 0 Å². The van der Waals surface area contributed by atoms with Crippen LogP contribution in [0, 0.1) is 11.8 Å². The van der Waals surface area contributed by atoms with Crippen molar-refractivity contribution in [1.82, 2.24) is 0 Å². The topological polar surface area (TPSA) is 3.24 Å². The van der Waals surface area contributed by atoms with E-state index >= 15 is 0 Å². The first-order chi connectivity index (χ1) is 10.8. The summed E-state index contributed by atoms with van der Waals surface area (Å²) < 4.78 is 0. The lowest BCUT2D eigenvalue weighted by Crippen LogP contribution is -2.14. The second kappa shape index (κ2) is 5.57. The molecule has 1 aromatic heterocycles. The maximum atomic E-state index is 3.26. The summed E-state index contributed by atoms with van der Waals surface area (Å²) in [7, 11) is 2.12. The molecule has 0 bridgehead atoms. The third-order valence-electron chi connectivity index (χ3n) is 3.62. The molecule has 22 heavy (non-hydrogen) atoms. The van der Waals surface area contributed by atoms with E-state index in [9.17, 15) is 0 Å². The number of thiophene rings is 1. The van der Waals surface area contributed by atoms with Crippen molar-refractivity contribution >= 4 is 34.5 Å². The molecule has 2 heterocycles. The molecule has 0 fully saturated rings. The predicted octanol–water partition coefficient (Wildman–Crippen LogP) is 5.38. The van der Waals surface area contributed by atoms with E-state index in [0.717, 1.165) is 10.4 Å². The Bertz CT molecular complexity index is 885. The Labute approximate surface area is 138 Å². The highest BCUT2D eigenvalue weighted by atomic mass is 32.2. The van der Waals surface area contributed by atoms with Crippen LogP contribution in [0.25, 0.3) is 0 Å². The zero-order valence-corrected chi connectivity index (χ0v) is 13.7. The predicted molar refractivity (Wildman–Crippen MR) is 95.4 cm³/mol. The first-order valence-electron chi connectivity index (χ1n) is 7.01. The van der Waals surface area contributed by atoms with E-state index < -0.39 is 0 Å². The molecule has 0 aliphatic carbocycles. The number of benzene rings is 2. The lowest BCUT2D eigenvalue weighted by Gasteiger charge is -2.29. The largest absolute Gasteiger partial charge is 0.343 e. The van der Waals surface area contributed by atoms with Gasteiger partial charge in [0.2, 0.25) is 0 Å². The molecule has 0 atom stereocenters. The second-order valence-corrected chi connectivity index (χ2v) is 7.07. The van der Waals surface area contributed by atoms with Crippen molar-refractivity contribution in [1.29, 1.82) is 0 Å². The number of fused-ring (bicyclic) bond motifs is 2. The normalized spacial score (nSPS) is 12.1. The SMILES string of the molecule is CN1c2ccccc2Sc2cc(C#Cc3cccs3)ccc21. The van der Waals surface area contributed by atoms with Crippen molar-refractivity contribution < 1.29 is 0 Å². The average Bonchev–Trinajstić information content (AvgIpc) is 3.06. The van der Waals surface area contributed by atoms with Gasteiger partial charge in [-0.25, -0.2) is 0 Å². The molecule has 0 unspecified atom stereocenters. The van der Waals surface area contributed by atoms with E-state index in [2.05, 4.69) is 77.7 Å². The molecular weight excluding hydrogens is 306 g/mol. The van der Waals surface area contributed by atoms with Gasteiger partial charge in [-0.15, -0.1) is 11.3 Å². The van der Waals surface area contributed by atoms with Gasteiger partial charge in [0.05, 0.1) is 16.3 Å². The molecule has 3 aromatic rings. The molecule has 106 valence electrons. The number of anilines is 2. The zero-order valence-electron chi connectivity index (χ0n) is 12.0. The number of hydrogen-bond donors (Lipinski definition) is 0. The standard InChI is InChI=1S/C19H13NS2/c1-20-16-6-2-3-7-18(16)22-19-13-14(9-11-17(19)20)8-10-15-5-4-12-21-15/h2-7,9,11-13H,1H3. The molecule has 1 nitrogen and oxygen atoms in total. The molecule has 2 aromatic carbocycles. The molecule has 0 spiro atoms. The van der Waals surface area contributed by atoms with Gasteiger partial charge in [-0.2, -0.15) is 0 Å². The van der Waals surface area contributed by atoms with Gasteiger partial charge in [0, 0.05) is 22.4 Å². The molecule has 0 radical (unpaired) electrons. The minimum atomic E-state index is 1.06. The van der Waals surface area contributed by atoms with Crippen molar-refractivity contribution in [2.24, 2.45) is 0 Å². The summed E-state index contributed by atoms with van der Waals surface area (Å²) in [5.41, 5.74) is 3.57. The lowest BCUT2D eigenvalue weighted by molar-refractivity contribution is 1.11. The zero-order chi connectivity index (χ0) is 14.9. The van der Waals surface area contributed by atoms with Crippen molar-refractivity contribution in [2.75, 3.05) is 11.9 Å². The summed E-state index contributed by atoms with van der Waals surface area (Å²) in [6.07, 6.45) is 0. The Kier molecular flexibility index (Phi) is 3.42. The molecule has 1 aliphatic heterocycles. The van der Waals surface area contributed by atoms with Crippen LogP contribution in [0.3, 0.4) is 0 Å². The molecule has 1 aliphatic rings. The first kappa shape index (κ1) is 13.5. The number of para-hydroxylation sites is 1. The highest BCUT2D eigenvalue weighted by molar-refractivity contribution is 7.99. The van der Waals surface area contributed by atoms with Crippen molar-refractivity contribution in [2.45, 2.75) is 9.79 Å². The Morgan fingerprint density at radius 2 is 1.73 bits per heavy atom. The third kappa shape index (κ3) is 2.41. The quantitative estimate of drug-likeness (QED) is 0.512. The van der Waals surface area contributed by atoms with Crippen molar-refractivity contribution in [3.8, 4) is 11.8 Å². The Morgan fingerprint density at radius 1 is 0.864 bits per heavy atom.